The van der Waals surface area contributed by atoms with Crippen molar-refractivity contribution in [2.45, 2.75) is 25.2 Å². The quantitative estimate of drug-likeness (QED) is 0.313. The number of ether oxygens (including phenoxy) is 1. The molecule has 0 saturated carbocycles. The molecule has 0 aliphatic heterocycles. The summed E-state index contributed by atoms with van der Waals surface area (Å²) in [5.41, 5.74) is 4.67. The van der Waals surface area contributed by atoms with E-state index in [2.05, 4.69) is 22.4 Å². The van der Waals surface area contributed by atoms with Gasteiger partial charge in [0.25, 0.3) is 5.91 Å². The van der Waals surface area contributed by atoms with Crippen LogP contribution in [-0.2, 0) is 22.4 Å². The second-order valence-corrected chi connectivity index (χ2v) is 8.60. The minimum absolute atomic E-state index is 0.170. The van der Waals surface area contributed by atoms with Crippen molar-refractivity contribution in [2.24, 2.45) is 0 Å². The molecule has 170 valence electrons. The van der Waals surface area contributed by atoms with E-state index in [0.29, 0.717) is 23.6 Å². The average molecular weight is 472 g/mol. The number of pyridine rings is 2. The lowest BCUT2D eigenvalue weighted by molar-refractivity contribution is -0.119. The van der Waals surface area contributed by atoms with Crippen LogP contribution in [0, 0.1) is 0 Å². The lowest BCUT2D eigenvalue weighted by atomic mass is 9.80. The van der Waals surface area contributed by atoms with Gasteiger partial charge in [-0.25, -0.2) is 9.78 Å². The Bertz CT molecular complexity index is 1370. The van der Waals surface area contributed by atoms with Gasteiger partial charge in [0.2, 0.25) is 0 Å². The summed E-state index contributed by atoms with van der Waals surface area (Å²) in [6.07, 6.45) is 3.96. The van der Waals surface area contributed by atoms with Gasteiger partial charge in [-0.1, -0.05) is 60.1 Å². The maximum absolute atomic E-state index is 13.3. The van der Waals surface area contributed by atoms with Crippen molar-refractivity contribution in [1.82, 2.24) is 9.97 Å². The third kappa shape index (κ3) is 4.50. The summed E-state index contributed by atoms with van der Waals surface area (Å²) in [4.78, 5) is 34.5. The Morgan fingerprint density at radius 3 is 2.65 bits per heavy atom. The number of amides is 1. The molecule has 0 fully saturated rings. The molecule has 1 atom stereocenters. The van der Waals surface area contributed by atoms with Crippen LogP contribution in [0.4, 0.5) is 5.69 Å². The van der Waals surface area contributed by atoms with Gasteiger partial charge in [-0.3, -0.25) is 9.78 Å². The van der Waals surface area contributed by atoms with E-state index < -0.39 is 18.5 Å². The fourth-order valence-electron chi connectivity index (χ4n) is 4.50. The highest BCUT2D eigenvalue weighted by atomic mass is 35.5. The molecular formula is C27H22ClN3O3. The highest BCUT2D eigenvalue weighted by molar-refractivity contribution is 6.32. The Hall–Kier alpha value is -3.77. The van der Waals surface area contributed by atoms with E-state index in [1.54, 1.807) is 12.1 Å². The van der Waals surface area contributed by atoms with Crippen molar-refractivity contribution < 1.29 is 14.3 Å². The summed E-state index contributed by atoms with van der Waals surface area (Å²) >= 11 is 6.00. The molecule has 1 unspecified atom stereocenters. The summed E-state index contributed by atoms with van der Waals surface area (Å²) in [6.45, 7) is -0.433. The Labute approximate surface area is 202 Å². The number of halogens is 1. The highest BCUT2D eigenvalue weighted by Crippen LogP contribution is 2.36. The van der Waals surface area contributed by atoms with Crippen molar-refractivity contribution in [3.05, 3.63) is 100 Å². The van der Waals surface area contributed by atoms with Gasteiger partial charge in [-0.05, 0) is 54.5 Å². The number of carbonyl (C=O) groups is 2. The first-order valence-corrected chi connectivity index (χ1v) is 11.5. The summed E-state index contributed by atoms with van der Waals surface area (Å²) in [6, 6.07) is 21.1. The number of aryl methyl sites for hydroxylation is 1. The van der Waals surface area contributed by atoms with Crippen molar-refractivity contribution in [1.29, 1.82) is 0 Å². The number of hydrogen-bond donors (Lipinski definition) is 1. The number of anilines is 1. The molecule has 4 aromatic rings. The van der Waals surface area contributed by atoms with Gasteiger partial charge in [0, 0.05) is 17.3 Å². The first-order chi connectivity index (χ1) is 16.6. The van der Waals surface area contributed by atoms with E-state index in [-0.39, 0.29) is 5.15 Å². The standard InChI is InChI=1S/C27H22ClN3O3/c28-26-23(11-6-14-29-26)31-24(32)16-34-27(33)25-19-9-4-5-10-21(19)30-22-13-12-18(15-20(22)25)17-7-2-1-3-8-17/h1-11,14,18H,12-13,15-16H2,(H,31,32). The van der Waals surface area contributed by atoms with Crippen LogP contribution < -0.4 is 5.32 Å². The number of hydrogen-bond acceptors (Lipinski definition) is 5. The van der Waals surface area contributed by atoms with Gasteiger partial charge in [0.15, 0.2) is 11.8 Å². The van der Waals surface area contributed by atoms with Gasteiger partial charge in [0.05, 0.1) is 16.8 Å². The molecule has 2 aromatic heterocycles. The van der Waals surface area contributed by atoms with Crippen LogP contribution in [0.2, 0.25) is 5.15 Å². The van der Waals surface area contributed by atoms with Gasteiger partial charge in [-0.15, -0.1) is 0 Å². The second kappa shape index (κ2) is 9.61. The molecular weight excluding hydrogens is 450 g/mol. The minimum atomic E-state index is -0.531. The molecule has 2 heterocycles. The molecule has 0 bridgehead atoms. The smallest absolute Gasteiger partial charge is 0.339 e. The zero-order valence-corrected chi connectivity index (χ0v) is 19.1. The third-order valence-electron chi connectivity index (χ3n) is 6.10. The third-order valence-corrected chi connectivity index (χ3v) is 6.40. The number of para-hydroxylation sites is 1. The highest BCUT2D eigenvalue weighted by Gasteiger charge is 2.28. The fourth-order valence-corrected chi connectivity index (χ4v) is 4.67. The summed E-state index contributed by atoms with van der Waals surface area (Å²) in [5.74, 6) is -0.729. The molecule has 1 N–H and O–H groups in total. The monoisotopic (exact) mass is 471 g/mol. The number of fused-ring (bicyclic) bond motifs is 2. The van der Waals surface area contributed by atoms with Gasteiger partial charge >= 0.3 is 5.97 Å². The van der Waals surface area contributed by atoms with E-state index >= 15 is 0 Å². The van der Waals surface area contributed by atoms with Crippen molar-refractivity contribution >= 4 is 40.1 Å². The molecule has 34 heavy (non-hydrogen) atoms. The number of esters is 1. The van der Waals surface area contributed by atoms with Crippen LogP contribution in [-0.4, -0.2) is 28.5 Å². The Morgan fingerprint density at radius 2 is 1.82 bits per heavy atom. The molecule has 1 aliphatic rings. The first-order valence-electron chi connectivity index (χ1n) is 11.1. The number of nitrogens with one attached hydrogen (secondary N) is 1. The van der Waals surface area contributed by atoms with Crippen LogP contribution in [0.5, 0.6) is 0 Å². The molecule has 5 rings (SSSR count). The van der Waals surface area contributed by atoms with E-state index in [9.17, 15) is 9.59 Å². The summed E-state index contributed by atoms with van der Waals surface area (Å²) < 4.78 is 5.47. The van der Waals surface area contributed by atoms with Crippen molar-refractivity contribution in [3.8, 4) is 0 Å². The molecule has 0 saturated heterocycles. The maximum atomic E-state index is 13.3. The SMILES string of the molecule is O=C(COC(=O)c1c2c(nc3ccccc13)CCC(c1ccccc1)C2)Nc1cccnc1Cl. The number of nitrogens with zero attached hydrogens (tertiary/aromatic N) is 2. The minimum Gasteiger partial charge on any atom is -0.452 e. The van der Waals surface area contributed by atoms with Crippen LogP contribution >= 0.6 is 11.6 Å². The summed E-state index contributed by atoms with van der Waals surface area (Å²) in [5, 5.41) is 3.52. The topological polar surface area (TPSA) is 81.2 Å². The molecule has 6 nitrogen and oxygen atoms in total. The second-order valence-electron chi connectivity index (χ2n) is 8.25. The Kier molecular flexibility index (Phi) is 6.23. The lowest BCUT2D eigenvalue weighted by Gasteiger charge is -2.26. The fraction of sp³-hybridized carbons (Fsp3) is 0.185. The Balaban J connectivity index is 1.42. The van der Waals surface area contributed by atoms with Crippen LogP contribution in [0.3, 0.4) is 0 Å². The molecule has 1 aliphatic carbocycles. The van der Waals surface area contributed by atoms with E-state index in [0.717, 1.165) is 35.0 Å². The predicted molar refractivity (Wildman–Crippen MR) is 131 cm³/mol. The Morgan fingerprint density at radius 1 is 1.03 bits per heavy atom. The zero-order chi connectivity index (χ0) is 23.5. The zero-order valence-electron chi connectivity index (χ0n) is 18.3. The largest absolute Gasteiger partial charge is 0.452 e. The molecule has 2 aromatic carbocycles. The van der Waals surface area contributed by atoms with Gasteiger partial charge in [0.1, 0.15) is 0 Å². The number of carbonyl (C=O) groups excluding carboxylic acids is 2. The predicted octanol–water partition coefficient (Wildman–Crippen LogP) is 5.35. The lowest BCUT2D eigenvalue weighted by Crippen LogP contribution is -2.24. The molecule has 0 spiro atoms. The van der Waals surface area contributed by atoms with E-state index in [4.69, 9.17) is 21.3 Å². The van der Waals surface area contributed by atoms with Crippen molar-refractivity contribution in [2.75, 3.05) is 11.9 Å². The number of benzene rings is 2. The van der Waals surface area contributed by atoms with Gasteiger partial charge < -0.3 is 10.1 Å². The molecule has 1 amide bonds. The van der Waals surface area contributed by atoms with Crippen molar-refractivity contribution in [3.63, 3.8) is 0 Å². The average Bonchev–Trinajstić information content (AvgIpc) is 2.87. The van der Waals surface area contributed by atoms with E-state index in [1.165, 1.54) is 11.8 Å². The first kappa shape index (κ1) is 22.0. The number of aromatic nitrogens is 2. The van der Waals surface area contributed by atoms with Crippen LogP contribution in [0.25, 0.3) is 10.9 Å². The maximum Gasteiger partial charge on any atom is 0.339 e. The van der Waals surface area contributed by atoms with Gasteiger partial charge in [-0.2, -0.15) is 0 Å². The summed E-state index contributed by atoms with van der Waals surface area (Å²) in [7, 11) is 0. The number of rotatable bonds is 5. The molecule has 0 radical (unpaired) electrons. The normalized spacial score (nSPS) is 14.9. The van der Waals surface area contributed by atoms with Crippen LogP contribution in [0.1, 0.15) is 39.5 Å². The van der Waals surface area contributed by atoms with Crippen LogP contribution in [0.15, 0.2) is 72.9 Å². The molecule has 7 heteroatoms. The van der Waals surface area contributed by atoms with E-state index in [1.807, 2.05) is 42.5 Å².